The van der Waals surface area contributed by atoms with E-state index in [1.54, 1.807) is 22.9 Å². The predicted molar refractivity (Wildman–Crippen MR) is 80.8 cm³/mol. The molecule has 0 fully saturated rings. The number of nitrogens with zero attached hydrogens (tertiary/aromatic N) is 3. The highest BCUT2D eigenvalue weighted by atomic mass is 79.9. The van der Waals surface area contributed by atoms with E-state index in [9.17, 15) is 0 Å². The van der Waals surface area contributed by atoms with Gasteiger partial charge in [-0.25, -0.2) is 0 Å². The molecule has 1 aromatic carbocycles. The predicted octanol–water partition coefficient (Wildman–Crippen LogP) is 3.85. The molecule has 0 spiro atoms. The van der Waals surface area contributed by atoms with Gasteiger partial charge in [-0.2, -0.15) is 10.4 Å². The average Bonchev–Trinajstić information content (AvgIpc) is 2.72. The molecule has 1 aromatic heterocycles. The van der Waals surface area contributed by atoms with Gasteiger partial charge in [0.25, 0.3) is 0 Å². The molecule has 104 valence electrons. The Morgan fingerprint density at radius 1 is 1.50 bits per heavy atom. The van der Waals surface area contributed by atoms with Gasteiger partial charge in [0.2, 0.25) is 0 Å². The van der Waals surface area contributed by atoms with Crippen LogP contribution in [0.3, 0.4) is 0 Å². The van der Waals surface area contributed by atoms with Crippen molar-refractivity contribution in [1.29, 1.82) is 5.26 Å². The summed E-state index contributed by atoms with van der Waals surface area (Å²) in [6.45, 7) is 2.41. The van der Waals surface area contributed by atoms with E-state index < -0.39 is 0 Å². The van der Waals surface area contributed by atoms with Crippen molar-refractivity contribution < 1.29 is 4.74 Å². The SMILES string of the molecule is CCc1nn(C)c(COc2ccc(C#N)cc2Cl)c1Br. The number of benzene rings is 1. The molecule has 0 unspecified atom stereocenters. The number of nitriles is 1. The van der Waals surface area contributed by atoms with Crippen LogP contribution in [0.2, 0.25) is 5.02 Å². The van der Waals surface area contributed by atoms with E-state index in [0.29, 0.717) is 22.9 Å². The fourth-order valence-corrected chi connectivity index (χ4v) is 2.78. The van der Waals surface area contributed by atoms with E-state index >= 15 is 0 Å². The van der Waals surface area contributed by atoms with Crippen LogP contribution in [0.4, 0.5) is 0 Å². The summed E-state index contributed by atoms with van der Waals surface area (Å²) < 4.78 is 8.47. The maximum Gasteiger partial charge on any atom is 0.138 e. The van der Waals surface area contributed by atoms with Crippen molar-refractivity contribution in [2.24, 2.45) is 7.05 Å². The zero-order valence-electron chi connectivity index (χ0n) is 11.2. The Balaban J connectivity index is 2.17. The van der Waals surface area contributed by atoms with Gasteiger partial charge in [-0.3, -0.25) is 4.68 Å². The molecule has 0 aliphatic rings. The molecule has 0 atom stereocenters. The van der Waals surface area contributed by atoms with E-state index in [2.05, 4.69) is 28.0 Å². The standard InChI is InChI=1S/C14H13BrClN3O/c1-3-11-14(15)12(19(2)18-11)8-20-13-5-4-9(7-17)6-10(13)16/h4-6H,3,8H2,1-2H3. The monoisotopic (exact) mass is 353 g/mol. The molecule has 2 rings (SSSR count). The maximum absolute atomic E-state index is 8.80. The molecule has 0 radical (unpaired) electrons. The number of aryl methyl sites for hydroxylation is 2. The van der Waals surface area contributed by atoms with E-state index in [1.807, 2.05) is 13.1 Å². The molecule has 0 saturated carbocycles. The first-order valence-electron chi connectivity index (χ1n) is 6.09. The molecule has 0 bridgehead atoms. The largest absolute Gasteiger partial charge is 0.486 e. The number of hydrogen-bond acceptors (Lipinski definition) is 3. The Morgan fingerprint density at radius 2 is 2.25 bits per heavy atom. The highest BCUT2D eigenvalue weighted by molar-refractivity contribution is 9.10. The summed E-state index contributed by atoms with van der Waals surface area (Å²) in [5.74, 6) is 0.553. The van der Waals surface area contributed by atoms with Gasteiger partial charge < -0.3 is 4.74 Å². The molecule has 1 heterocycles. The Hall–Kier alpha value is -1.51. The van der Waals surface area contributed by atoms with Crippen LogP contribution in [0, 0.1) is 11.3 Å². The van der Waals surface area contributed by atoms with Crippen molar-refractivity contribution in [3.05, 3.63) is 44.6 Å². The quantitative estimate of drug-likeness (QED) is 0.838. The Labute approximate surface area is 131 Å². The molecule has 0 aliphatic heterocycles. The topological polar surface area (TPSA) is 50.8 Å². The minimum Gasteiger partial charge on any atom is -0.486 e. The molecule has 2 aromatic rings. The fraction of sp³-hybridized carbons (Fsp3) is 0.286. The van der Waals surface area contributed by atoms with E-state index in [-0.39, 0.29) is 0 Å². The molecular formula is C14H13BrClN3O. The fourth-order valence-electron chi connectivity index (χ4n) is 1.81. The number of rotatable bonds is 4. The molecule has 0 amide bonds. The Bertz CT molecular complexity index is 676. The van der Waals surface area contributed by atoms with Crippen molar-refractivity contribution >= 4 is 27.5 Å². The van der Waals surface area contributed by atoms with Gasteiger partial charge in [0, 0.05) is 7.05 Å². The summed E-state index contributed by atoms with van der Waals surface area (Å²) in [5, 5.41) is 13.6. The van der Waals surface area contributed by atoms with Gasteiger partial charge >= 0.3 is 0 Å². The van der Waals surface area contributed by atoms with Crippen LogP contribution in [0.25, 0.3) is 0 Å². The number of halogens is 2. The number of aromatic nitrogens is 2. The van der Waals surface area contributed by atoms with Gasteiger partial charge in [0.05, 0.1) is 32.5 Å². The Kier molecular flexibility index (Phi) is 4.69. The van der Waals surface area contributed by atoms with Gasteiger partial charge in [-0.1, -0.05) is 18.5 Å². The highest BCUT2D eigenvalue weighted by Gasteiger charge is 2.13. The zero-order valence-corrected chi connectivity index (χ0v) is 13.5. The van der Waals surface area contributed by atoms with Crippen LogP contribution in [0.15, 0.2) is 22.7 Å². The number of ether oxygens (including phenoxy) is 1. The van der Waals surface area contributed by atoms with Crippen LogP contribution in [0.5, 0.6) is 5.75 Å². The van der Waals surface area contributed by atoms with Gasteiger partial charge in [0.1, 0.15) is 12.4 Å². The van der Waals surface area contributed by atoms with Crippen LogP contribution >= 0.6 is 27.5 Å². The first kappa shape index (κ1) is 14.9. The van der Waals surface area contributed by atoms with Crippen molar-refractivity contribution in [3.63, 3.8) is 0 Å². The normalized spacial score (nSPS) is 10.3. The van der Waals surface area contributed by atoms with E-state index in [1.165, 1.54) is 0 Å². The van der Waals surface area contributed by atoms with Crippen LogP contribution < -0.4 is 4.74 Å². The maximum atomic E-state index is 8.80. The lowest BCUT2D eigenvalue weighted by Gasteiger charge is -2.09. The minimum absolute atomic E-state index is 0.357. The minimum atomic E-state index is 0.357. The summed E-state index contributed by atoms with van der Waals surface area (Å²) >= 11 is 9.61. The summed E-state index contributed by atoms with van der Waals surface area (Å²) in [4.78, 5) is 0. The van der Waals surface area contributed by atoms with Crippen molar-refractivity contribution in [3.8, 4) is 11.8 Å². The second kappa shape index (κ2) is 6.29. The van der Waals surface area contributed by atoms with Crippen LogP contribution in [0.1, 0.15) is 23.9 Å². The van der Waals surface area contributed by atoms with Gasteiger partial charge in [-0.15, -0.1) is 0 Å². The van der Waals surface area contributed by atoms with Crippen molar-refractivity contribution in [2.75, 3.05) is 0 Å². The second-order valence-corrected chi connectivity index (χ2v) is 5.43. The zero-order chi connectivity index (χ0) is 14.7. The first-order valence-corrected chi connectivity index (χ1v) is 7.26. The van der Waals surface area contributed by atoms with Crippen molar-refractivity contribution in [2.45, 2.75) is 20.0 Å². The second-order valence-electron chi connectivity index (χ2n) is 4.23. The summed E-state index contributed by atoms with van der Waals surface area (Å²) in [6.07, 6.45) is 0.853. The first-order chi connectivity index (χ1) is 9.56. The van der Waals surface area contributed by atoms with E-state index in [4.69, 9.17) is 21.6 Å². The lowest BCUT2D eigenvalue weighted by molar-refractivity contribution is 0.294. The van der Waals surface area contributed by atoms with Crippen LogP contribution in [-0.4, -0.2) is 9.78 Å². The Morgan fingerprint density at radius 3 is 2.80 bits per heavy atom. The lowest BCUT2D eigenvalue weighted by Crippen LogP contribution is -2.04. The van der Waals surface area contributed by atoms with Crippen LogP contribution in [-0.2, 0) is 20.1 Å². The van der Waals surface area contributed by atoms with Gasteiger partial charge in [-0.05, 0) is 40.5 Å². The molecular weight excluding hydrogens is 342 g/mol. The van der Waals surface area contributed by atoms with E-state index in [0.717, 1.165) is 22.3 Å². The summed E-state index contributed by atoms with van der Waals surface area (Å²) in [7, 11) is 1.88. The smallest absolute Gasteiger partial charge is 0.138 e. The molecule has 0 aliphatic carbocycles. The molecule has 4 nitrogen and oxygen atoms in total. The van der Waals surface area contributed by atoms with Gasteiger partial charge in [0.15, 0.2) is 0 Å². The average molecular weight is 355 g/mol. The molecule has 20 heavy (non-hydrogen) atoms. The summed E-state index contributed by atoms with van der Waals surface area (Å²) in [6, 6.07) is 7.00. The third-order valence-corrected chi connectivity index (χ3v) is 4.14. The van der Waals surface area contributed by atoms with Crippen molar-refractivity contribution in [1.82, 2.24) is 9.78 Å². The molecule has 6 heteroatoms. The lowest BCUT2D eigenvalue weighted by atomic mass is 10.2. The molecule has 0 N–H and O–H groups in total. The number of hydrogen-bond donors (Lipinski definition) is 0. The third-order valence-electron chi connectivity index (χ3n) is 2.93. The third kappa shape index (κ3) is 2.97. The highest BCUT2D eigenvalue weighted by Crippen LogP contribution is 2.28. The molecule has 0 saturated heterocycles. The summed E-state index contributed by atoms with van der Waals surface area (Å²) in [5.41, 5.74) is 2.46.